The molecule has 0 radical (unpaired) electrons. The molecular formula is C13H19NO4. The molecule has 0 unspecified atom stereocenters. The van der Waals surface area contributed by atoms with Gasteiger partial charge < -0.3 is 20.3 Å². The van der Waals surface area contributed by atoms with Crippen LogP contribution in [0.1, 0.15) is 22.8 Å². The molecule has 5 nitrogen and oxygen atoms in total. The third-order valence-corrected chi connectivity index (χ3v) is 2.71. The number of aliphatic hydroxyl groups is 2. The number of aliphatic hydroxyl groups excluding tert-OH is 2. The van der Waals surface area contributed by atoms with Crippen molar-refractivity contribution in [3.05, 3.63) is 29.3 Å². The van der Waals surface area contributed by atoms with Gasteiger partial charge in [-0.3, -0.25) is 4.79 Å². The van der Waals surface area contributed by atoms with E-state index in [1.54, 1.807) is 19.1 Å². The fourth-order valence-corrected chi connectivity index (χ4v) is 1.47. The van der Waals surface area contributed by atoms with Crippen molar-refractivity contribution in [2.24, 2.45) is 0 Å². The number of ether oxygens (including phenoxy) is 1. The number of hydrogen-bond acceptors (Lipinski definition) is 4. The van der Waals surface area contributed by atoms with E-state index in [0.717, 1.165) is 5.56 Å². The van der Waals surface area contributed by atoms with Crippen LogP contribution in [0.25, 0.3) is 0 Å². The van der Waals surface area contributed by atoms with E-state index in [2.05, 4.69) is 5.32 Å². The SMILES string of the molecule is COc1ccc(C)cc1C(=O)NC(C)(CO)CO. The number of carbonyl (C=O) groups is 1. The number of benzene rings is 1. The average Bonchev–Trinajstić information content (AvgIpc) is 2.38. The first-order chi connectivity index (χ1) is 8.45. The van der Waals surface area contributed by atoms with Crippen LogP contribution in [0.15, 0.2) is 18.2 Å². The zero-order chi connectivity index (χ0) is 13.8. The van der Waals surface area contributed by atoms with E-state index in [1.807, 2.05) is 13.0 Å². The predicted molar refractivity (Wildman–Crippen MR) is 67.8 cm³/mol. The smallest absolute Gasteiger partial charge is 0.255 e. The molecule has 100 valence electrons. The zero-order valence-electron chi connectivity index (χ0n) is 10.9. The highest BCUT2D eigenvalue weighted by Crippen LogP contribution is 2.20. The summed E-state index contributed by atoms with van der Waals surface area (Å²) in [5, 5.41) is 20.9. The molecule has 5 heteroatoms. The molecule has 1 amide bonds. The summed E-state index contributed by atoms with van der Waals surface area (Å²) in [6.45, 7) is 2.74. The van der Waals surface area contributed by atoms with Gasteiger partial charge >= 0.3 is 0 Å². The topological polar surface area (TPSA) is 78.8 Å². The van der Waals surface area contributed by atoms with Crippen molar-refractivity contribution in [3.8, 4) is 5.75 Å². The highest BCUT2D eigenvalue weighted by molar-refractivity contribution is 5.97. The van der Waals surface area contributed by atoms with Gasteiger partial charge in [0.15, 0.2) is 0 Å². The number of amides is 1. The molecule has 0 heterocycles. The van der Waals surface area contributed by atoms with Crippen molar-refractivity contribution in [2.75, 3.05) is 20.3 Å². The highest BCUT2D eigenvalue weighted by atomic mass is 16.5. The van der Waals surface area contributed by atoms with Crippen LogP contribution >= 0.6 is 0 Å². The Kier molecular flexibility index (Phi) is 4.69. The van der Waals surface area contributed by atoms with Crippen LogP contribution in [-0.4, -0.2) is 42.0 Å². The lowest BCUT2D eigenvalue weighted by molar-refractivity contribution is 0.0721. The van der Waals surface area contributed by atoms with Crippen LogP contribution in [0.3, 0.4) is 0 Å². The van der Waals surface area contributed by atoms with Crippen molar-refractivity contribution in [3.63, 3.8) is 0 Å². The summed E-state index contributed by atoms with van der Waals surface area (Å²) in [6.07, 6.45) is 0. The first-order valence-corrected chi connectivity index (χ1v) is 5.64. The van der Waals surface area contributed by atoms with Crippen molar-refractivity contribution in [1.29, 1.82) is 0 Å². The number of methoxy groups -OCH3 is 1. The molecule has 0 aliphatic carbocycles. The Hall–Kier alpha value is -1.59. The number of aryl methyl sites for hydroxylation is 1. The summed E-state index contributed by atoms with van der Waals surface area (Å²) in [4.78, 5) is 12.1. The summed E-state index contributed by atoms with van der Waals surface area (Å²) in [7, 11) is 1.48. The van der Waals surface area contributed by atoms with E-state index < -0.39 is 5.54 Å². The number of hydrogen-bond donors (Lipinski definition) is 3. The number of carbonyl (C=O) groups excluding carboxylic acids is 1. The molecule has 0 atom stereocenters. The molecular weight excluding hydrogens is 234 g/mol. The summed E-state index contributed by atoms with van der Waals surface area (Å²) >= 11 is 0. The van der Waals surface area contributed by atoms with Gasteiger partial charge in [-0.1, -0.05) is 11.6 Å². The summed E-state index contributed by atoms with van der Waals surface area (Å²) in [6, 6.07) is 5.25. The standard InChI is InChI=1S/C13H19NO4/c1-9-4-5-11(18-3)10(6-9)12(17)14-13(2,7-15)8-16/h4-6,15-16H,7-8H2,1-3H3,(H,14,17). The van der Waals surface area contributed by atoms with Gasteiger partial charge in [0.2, 0.25) is 0 Å². The van der Waals surface area contributed by atoms with Gasteiger partial charge in [-0.2, -0.15) is 0 Å². The lowest BCUT2D eigenvalue weighted by atomic mass is 10.0. The van der Waals surface area contributed by atoms with Gasteiger partial charge in [0.25, 0.3) is 5.91 Å². The largest absolute Gasteiger partial charge is 0.496 e. The molecule has 0 spiro atoms. The number of rotatable bonds is 5. The Labute approximate surface area is 106 Å². The summed E-state index contributed by atoms with van der Waals surface area (Å²) in [5.41, 5.74) is 0.257. The van der Waals surface area contributed by atoms with Crippen molar-refractivity contribution >= 4 is 5.91 Å². The van der Waals surface area contributed by atoms with Crippen LogP contribution in [0.5, 0.6) is 5.75 Å². The third-order valence-electron chi connectivity index (χ3n) is 2.71. The van der Waals surface area contributed by atoms with E-state index in [9.17, 15) is 4.79 Å². The summed E-state index contributed by atoms with van der Waals surface area (Å²) < 4.78 is 5.12. The number of nitrogens with one attached hydrogen (secondary N) is 1. The predicted octanol–water partition coefficient (Wildman–Crippen LogP) is 0.477. The van der Waals surface area contributed by atoms with E-state index in [0.29, 0.717) is 11.3 Å². The Balaban J connectivity index is 3.00. The normalized spacial score (nSPS) is 11.2. The van der Waals surface area contributed by atoms with Gasteiger partial charge in [0, 0.05) is 0 Å². The van der Waals surface area contributed by atoms with Crippen molar-refractivity contribution in [2.45, 2.75) is 19.4 Å². The van der Waals surface area contributed by atoms with Crippen molar-refractivity contribution < 1.29 is 19.7 Å². The second-order valence-electron chi connectivity index (χ2n) is 4.53. The molecule has 0 aliphatic heterocycles. The minimum atomic E-state index is -1.05. The van der Waals surface area contributed by atoms with E-state index in [-0.39, 0.29) is 19.1 Å². The van der Waals surface area contributed by atoms with Gasteiger partial charge in [-0.15, -0.1) is 0 Å². The van der Waals surface area contributed by atoms with Crippen LogP contribution in [0, 0.1) is 6.92 Å². The molecule has 18 heavy (non-hydrogen) atoms. The van der Waals surface area contributed by atoms with Gasteiger partial charge in [0.05, 0.1) is 31.4 Å². The average molecular weight is 253 g/mol. The monoisotopic (exact) mass is 253 g/mol. The molecule has 1 rings (SSSR count). The maximum absolute atomic E-state index is 12.1. The van der Waals surface area contributed by atoms with E-state index in [1.165, 1.54) is 7.11 Å². The molecule has 1 aromatic carbocycles. The van der Waals surface area contributed by atoms with E-state index in [4.69, 9.17) is 14.9 Å². The molecule has 0 fully saturated rings. The molecule has 0 saturated carbocycles. The minimum absolute atomic E-state index is 0.344. The molecule has 1 aromatic rings. The highest BCUT2D eigenvalue weighted by Gasteiger charge is 2.26. The second-order valence-corrected chi connectivity index (χ2v) is 4.53. The van der Waals surface area contributed by atoms with Crippen LogP contribution in [0.4, 0.5) is 0 Å². The molecule has 3 N–H and O–H groups in total. The minimum Gasteiger partial charge on any atom is -0.496 e. The third kappa shape index (κ3) is 3.21. The second kappa shape index (κ2) is 5.84. The quantitative estimate of drug-likeness (QED) is 0.713. The maximum atomic E-state index is 12.1. The molecule has 0 aromatic heterocycles. The van der Waals surface area contributed by atoms with Crippen LogP contribution in [-0.2, 0) is 0 Å². The van der Waals surface area contributed by atoms with Gasteiger partial charge in [-0.05, 0) is 26.0 Å². The zero-order valence-corrected chi connectivity index (χ0v) is 10.9. The first kappa shape index (κ1) is 14.5. The Morgan fingerprint density at radius 2 is 2.00 bits per heavy atom. The van der Waals surface area contributed by atoms with Gasteiger partial charge in [0.1, 0.15) is 5.75 Å². The van der Waals surface area contributed by atoms with Gasteiger partial charge in [-0.25, -0.2) is 0 Å². The molecule has 0 aliphatic rings. The fourth-order valence-electron chi connectivity index (χ4n) is 1.47. The van der Waals surface area contributed by atoms with Crippen LogP contribution < -0.4 is 10.1 Å². The Bertz CT molecular complexity index is 427. The van der Waals surface area contributed by atoms with E-state index >= 15 is 0 Å². The molecule has 0 saturated heterocycles. The molecule has 0 bridgehead atoms. The Morgan fingerprint density at radius 1 is 1.39 bits per heavy atom. The van der Waals surface area contributed by atoms with Crippen LogP contribution in [0.2, 0.25) is 0 Å². The van der Waals surface area contributed by atoms with Crippen molar-refractivity contribution in [1.82, 2.24) is 5.32 Å². The lowest BCUT2D eigenvalue weighted by Crippen LogP contribution is -2.51. The maximum Gasteiger partial charge on any atom is 0.255 e. The Morgan fingerprint density at radius 3 is 2.50 bits per heavy atom. The first-order valence-electron chi connectivity index (χ1n) is 5.64. The lowest BCUT2D eigenvalue weighted by Gasteiger charge is -2.26. The fraction of sp³-hybridized carbons (Fsp3) is 0.462. The summed E-state index contributed by atoms with van der Waals surface area (Å²) in [5.74, 6) is 0.0671.